The molecule has 0 aliphatic heterocycles. The van der Waals surface area contributed by atoms with Crippen molar-refractivity contribution in [1.29, 1.82) is 0 Å². The van der Waals surface area contributed by atoms with Gasteiger partial charge < -0.3 is 5.32 Å². The largest absolute Gasteiger partial charge is 0.416 e. The van der Waals surface area contributed by atoms with Gasteiger partial charge in [-0.05, 0) is 29.8 Å². The molecule has 0 heterocycles. The molecule has 0 unspecified atom stereocenters. The number of nitrogens with one attached hydrogen (secondary N) is 1. The van der Waals surface area contributed by atoms with Crippen molar-refractivity contribution in [3.05, 3.63) is 65.2 Å². The minimum Gasteiger partial charge on any atom is -0.323 e. The van der Waals surface area contributed by atoms with Crippen LogP contribution in [0.5, 0.6) is 0 Å². The first-order chi connectivity index (χ1) is 10.3. The second-order valence-electron chi connectivity index (χ2n) is 4.54. The molecule has 0 aliphatic carbocycles. The average molecular weight is 315 g/mol. The predicted octanol–water partition coefficient (Wildman–Crippen LogP) is 4.16. The zero-order chi connectivity index (χ0) is 16.3. The van der Waals surface area contributed by atoms with Crippen molar-refractivity contribution in [2.24, 2.45) is 0 Å². The molecule has 0 atom stereocenters. The maximum Gasteiger partial charge on any atom is 0.416 e. The molecule has 2 rings (SSSR count). The Morgan fingerprint density at radius 2 is 1.64 bits per heavy atom. The van der Waals surface area contributed by atoms with E-state index in [1.54, 1.807) is 0 Å². The SMILES string of the molecule is O=C(Cc1ccc(C(F)(F)F)cc1)Nc1ccc(F)cc1F. The fourth-order valence-corrected chi connectivity index (χ4v) is 1.78. The van der Waals surface area contributed by atoms with E-state index in [4.69, 9.17) is 0 Å². The van der Waals surface area contributed by atoms with Crippen LogP contribution in [-0.2, 0) is 17.4 Å². The summed E-state index contributed by atoms with van der Waals surface area (Å²) in [5.74, 6) is -2.33. The highest BCUT2D eigenvalue weighted by molar-refractivity contribution is 5.92. The van der Waals surface area contributed by atoms with Gasteiger partial charge in [0, 0.05) is 6.07 Å². The fourth-order valence-electron chi connectivity index (χ4n) is 1.78. The third kappa shape index (κ3) is 4.03. The van der Waals surface area contributed by atoms with Crippen LogP contribution in [0.15, 0.2) is 42.5 Å². The van der Waals surface area contributed by atoms with E-state index in [9.17, 15) is 26.7 Å². The van der Waals surface area contributed by atoms with Crippen LogP contribution in [0, 0.1) is 11.6 Å². The number of alkyl halides is 3. The molecule has 0 saturated carbocycles. The predicted molar refractivity (Wildman–Crippen MR) is 70.1 cm³/mol. The first kappa shape index (κ1) is 15.9. The summed E-state index contributed by atoms with van der Waals surface area (Å²) in [6.07, 6.45) is -4.67. The van der Waals surface area contributed by atoms with Gasteiger partial charge >= 0.3 is 6.18 Å². The van der Waals surface area contributed by atoms with Crippen LogP contribution in [0.2, 0.25) is 0 Å². The van der Waals surface area contributed by atoms with Gasteiger partial charge in [-0.15, -0.1) is 0 Å². The highest BCUT2D eigenvalue weighted by Gasteiger charge is 2.29. The highest BCUT2D eigenvalue weighted by atomic mass is 19.4. The lowest BCUT2D eigenvalue weighted by Gasteiger charge is -2.08. The molecule has 1 N–H and O–H groups in total. The van der Waals surface area contributed by atoms with Crippen LogP contribution in [0.1, 0.15) is 11.1 Å². The van der Waals surface area contributed by atoms with E-state index in [-0.39, 0.29) is 12.1 Å². The van der Waals surface area contributed by atoms with Gasteiger partial charge in [0.1, 0.15) is 11.6 Å². The quantitative estimate of drug-likeness (QED) is 0.847. The first-order valence-electron chi connectivity index (χ1n) is 6.17. The molecule has 116 valence electrons. The normalized spacial score (nSPS) is 11.3. The van der Waals surface area contributed by atoms with Crippen molar-refractivity contribution in [1.82, 2.24) is 0 Å². The van der Waals surface area contributed by atoms with Gasteiger partial charge in [0.2, 0.25) is 5.91 Å². The topological polar surface area (TPSA) is 29.1 Å². The Morgan fingerprint density at radius 1 is 1.00 bits per heavy atom. The van der Waals surface area contributed by atoms with Gasteiger partial charge in [0.05, 0.1) is 17.7 Å². The highest BCUT2D eigenvalue weighted by Crippen LogP contribution is 2.29. The number of halogens is 5. The van der Waals surface area contributed by atoms with Crippen LogP contribution < -0.4 is 5.32 Å². The van der Waals surface area contributed by atoms with Crippen molar-refractivity contribution in [2.75, 3.05) is 5.32 Å². The minimum atomic E-state index is -4.45. The maximum absolute atomic E-state index is 13.4. The molecule has 2 aromatic carbocycles. The summed E-state index contributed by atoms with van der Waals surface area (Å²) in [5.41, 5.74) is -0.674. The van der Waals surface area contributed by atoms with Gasteiger partial charge in [-0.1, -0.05) is 12.1 Å². The van der Waals surface area contributed by atoms with Gasteiger partial charge in [-0.25, -0.2) is 8.78 Å². The van der Waals surface area contributed by atoms with Gasteiger partial charge in [-0.2, -0.15) is 13.2 Å². The zero-order valence-electron chi connectivity index (χ0n) is 11.0. The molecule has 1 amide bonds. The number of carbonyl (C=O) groups excluding carboxylic acids is 1. The number of rotatable bonds is 3. The molecule has 0 aliphatic rings. The summed E-state index contributed by atoms with van der Waals surface area (Å²) in [6, 6.07) is 6.73. The second-order valence-corrected chi connectivity index (χ2v) is 4.54. The Labute approximate surface area is 122 Å². The van der Waals surface area contributed by atoms with Crippen molar-refractivity contribution in [3.8, 4) is 0 Å². The number of hydrogen-bond acceptors (Lipinski definition) is 1. The van der Waals surface area contributed by atoms with E-state index in [2.05, 4.69) is 5.32 Å². The zero-order valence-corrected chi connectivity index (χ0v) is 11.0. The van der Waals surface area contributed by atoms with Crippen molar-refractivity contribution in [3.63, 3.8) is 0 Å². The molecule has 7 heteroatoms. The fraction of sp³-hybridized carbons (Fsp3) is 0.133. The molecular formula is C15H10F5NO. The molecule has 0 spiro atoms. The molecule has 0 saturated heterocycles. The minimum absolute atomic E-state index is 0.196. The summed E-state index contributed by atoms with van der Waals surface area (Å²) < 4.78 is 63.3. The maximum atomic E-state index is 13.4. The van der Waals surface area contributed by atoms with Crippen molar-refractivity contribution >= 4 is 11.6 Å². The van der Waals surface area contributed by atoms with Crippen LogP contribution in [0.25, 0.3) is 0 Å². The molecule has 22 heavy (non-hydrogen) atoms. The van der Waals surface area contributed by atoms with Crippen LogP contribution in [0.3, 0.4) is 0 Å². The van der Waals surface area contributed by atoms with E-state index in [0.29, 0.717) is 11.6 Å². The number of hydrogen-bond donors (Lipinski definition) is 1. The van der Waals surface area contributed by atoms with Gasteiger partial charge in [0.25, 0.3) is 0 Å². The summed E-state index contributed by atoms with van der Waals surface area (Å²) >= 11 is 0. The molecule has 0 aromatic heterocycles. The molecular weight excluding hydrogens is 305 g/mol. The Bertz CT molecular complexity index is 679. The standard InChI is InChI=1S/C15H10F5NO/c16-11-5-6-13(12(17)8-11)21-14(22)7-9-1-3-10(4-2-9)15(18,19)20/h1-6,8H,7H2,(H,21,22). The second kappa shape index (κ2) is 6.13. The van der Waals surface area contributed by atoms with E-state index < -0.39 is 29.3 Å². The Kier molecular flexibility index (Phi) is 4.44. The third-order valence-corrected chi connectivity index (χ3v) is 2.85. The summed E-state index contributed by atoms with van der Waals surface area (Å²) in [6.45, 7) is 0. The number of anilines is 1. The Morgan fingerprint density at radius 3 is 2.18 bits per heavy atom. The summed E-state index contributed by atoms with van der Waals surface area (Å²) in [5, 5.41) is 2.23. The Balaban J connectivity index is 2.03. The first-order valence-corrected chi connectivity index (χ1v) is 6.17. The summed E-state index contributed by atoms with van der Waals surface area (Å²) in [4.78, 5) is 11.7. The number of carbonyl (C=O) groups is 1. The van der Waals surface area contributed by atoms with Crippen molar-refractivity contribution < 1.29 is 26.7 Å². The average Bonchev–Trinajstić information content (AvgIpc) is 2.41. The molecule has 0 fully saturated rings. The van der Waals surface area contributed by atoms with Gasteiger partial charge in [-0.3, -0.25) is 4.79 Å². The smallest absolute Gasteiger partial charge is 0.323 e. The van der Waals surface area contributed by atoms with Gasteiger partial charge in [0.15, 0.2) is 0 Å². The third-order valence-electron chi connectivity index (χ3n) is 2.85. The monoisotopic (exact) mass is 315 g/mol. The lowest BCUT2D eigenvalue weighted by molar-refractivity contribution is -0.137. The number of benzene rings is 2. The molecule has 2 nitrogen and oxygen atoms in total. The lowest BCUT2D eigenvalue weighted by atomic mass is 10.1. The Hall–Kier alpha value is -2.44. The van der Waals surface area contributed by atoms with Crippen LogP contribution >= 0.6 is 0 Å². The van der Waals surface area contributed by atoms with Crippen LogP contribution in [-0.4, -0.2) is 5.91 Å². The van der Waals surface area contributed by atoms with E-state index in [0.717, 1.165) is 24.3 Å². The van der Waals surface area contributed by atoms with E-state index in [1.165, 1.54) is 12.1 Å². The molecule has 0 bridgehead atoms. The van der Waals surface area contributed by atoms with E-state index in [1.807, 2.05) is 0 Å². The molecule has 0 radical (unpaired) electrons. The van der Waals surface area contributed by atoms with E-state index >= 15 is 0 Å². The lowest BCUT2D eigenvalue weighted by Crippen LogP contribution is -2.15. The number of amides is 1. The van der Waals surface area contributed by atoms with Crippen molar-refractivity contribution in [2.45, 2.75) is 12.6 Å². The summed E-state index contributed by atoms with van der Waals surface area (Å²) in [7, 11) is 0. The molecule has 2 aromatic rings. The van der Waals surface area contributed by atoms with Crippen LogP contribution in [0.4, 0.5) is 27.6 Å².